The minimum absolute atomic E-state index is 0.0259. The zero-order chi connectivity index (χ0) is 16.9. The monoisotopic (exact) mass is 329 g/mol. The van der Waals surface area contributed by atoms with E-state index in [1.165, 1.54) is 24.3 Å². The molecule has 1 heterocycles. The number of urea groups is 1. The van der Waals surface area contributed by atoms with E-state index in [4.69, 9.17) is 0 Å². The highest BCUT2D eigenvalue weighted by atomic mass is 19.3. The molecule has 7 heteroatoms. The number of carbonyl (C=O) groups is 1. The molecular weight excluding hydrogens is 316 g/mol. The number of hydrogen-bond acceptors (Lipinski definition) is 3. The van der Waals surface area contributed by atoms with Gasteiger partial charge in [-0.1, -0.05) is 6.07 Å². The number of amides is 2. The fourth-order valence-corrected chi connectivity index (χ4v) is 2.17. The number of nitrogens with one attached hydrogen (secondary N) is 2. The molecule has 0 saturated heterocycles. The third-order valence-electron chi connectivity index (χ3n) is 3.20. The average Bonchev–Trinajstić information content (AvgIpc) is 2.56. The Balaban J connectivity index is 1.64. The van der Waals surface area contributed by atoms with Gasteiger partial charge < -0.3 is 15.4 Å². The molecule has 2 N–H and O–H groups in total. The van der Waals surface area contributed by atoms with Crippen LogP contribution < -0.4 is 15.4 Å². The van der Waals surface area contributed by atoms with Gasteiger partial charge in [-0.05, 0) is 48.5 Å². The molecule has 122 valence electrons. The van der Waals surface area contributed by atoms with Gasteiger partial charge in [-0.2, -0.15) is 8.78 Å². The van der Waals surface area contributed by atoms with Crippen molar-refractivity contribution in [3.63, 3.8) is 0 Å². The third-order valence-corrected chi connectivity index (χ3v) is 3.20. The number of hydrogen-bond donors (Lipinski definition) is 2. The van der Waals surface area contributed by atoms with Crippen molar-refractivity contribution < 1.29 is 18.3 Å². The van der Waals surface area contributed by atoms with Crippen molar-refractivity contribution in [2.24, 2.45) is 0 Å². The zero-order valence-corrected chi connectivity index (χ0v) is 12.4. The Morgan fingerprint density at radius 1 is 1.00 bits per heavy atom. The molecule has 1 aromatic heterocycles. The average molecular weight is 329 g/mol. The number of anilines is 2. The fourth-order valence-electron chi connectivity index (χ4n) is 2.17. The highest BCUT2D eigenvalue weighted by Crippen LogP contribution is 2.19. The van der Waals surface area contributed by atoms with E-state index in [9.17, 15) is 13.6 Å². The lowest BCUT2D eigenvalue weighted by Crippen LogP contribution is -2.19. The minimum Gasteiger partial charge on any atom is -0.435 e. The Kier molecular flexibility index (Phi) is 4.51. The number of halogens is 2. The number of carbonyl (C=O) groups excluding carboxylic acids is 1. The summed E-state index contributed by atoms with van der Waals surface area (Å²) in [6.07, 6.45) is 1.70. The van der Waals surface area contributed by atoms with Gasteiger partial charge in [-0.3, -0.25) is 4.98 Å². The first-order valence-corrected chi connectivity index (χ1v) is 7.08. The summed E-state index contributed by atoms with van der Waals surface area (Å²) in [5, 5.41) is 6.22. The van der Waals surface area contributed by atoms with Gasteiger partial charge in [0.25, 0.3) is 0 Å². The van der Waals surface area contributed by atoms with E-state index in [1.807, 2.05) is 18.2 Å². The summed E-state index contributed by atoms with van der Waals surface area (Å²) < 4.78 is 28.4. The Bertz CT molecular complexity index is 854. The van der Waals surface area contributed by atoms with E-state index >= 15 is 0 Å². The molecular formula is C17H13F2N3O2. The Hall–Kier alpha value is -3.22. The molecule has 0 spiro atoms. The highest BCUT2D eigenvalue weighted by molar-refractivity contribution is 6.00. The summed E-state index contributed by atoms with van der Waals surface area (Å²) in [4.78, 5) is 16.2. The van der Waals surface area contributed by atoms with E-state index in [0.717, 1.165) is 10.9 Å². The topological polar surface area (TPSA) is 63.2 Å². The number of nitrogens with zero attached hydrogens (tertiary/aromatic N) is 1. The summed E-state index contributed by atoms with van der Waals surface area (Å²) in [7, 11) is 0. The van der Waals surface area contributed by atoms with Crippen LogP contribution in [0.5, 0.6) is 5.75 Å². The molecule has 24 heavy (non-hydrogen) atoms. The number of alkyl halides is 2. The number of benzene rings is 2. The Labute approximate surface area is 136 Å². The molecule has 3 aromatic rings. The van der Waals surface area contributed by atoms with Crippen LogP contribution >= 0.6 is 0 Å². The van der Waals surface area contributed by atoms with E-state index < -0.39 is 12.6 Å². The van der Waals surface area contributed by atoms with Gasteiger partial charge in [0.2, 0.25) is 0 Å². The maximum atomic E-state index is 12.1. The first kappa shape index (κ1) is 15.7. The lowest BCUT2D eigenvalue weighted by atomic mass is 10.2. The highest BCUT2D eigenvalue weighted by Gasteiger charge is 2.06. The largest absolute Gasteiger partial charge is 0.435 e. The van der Waals surface area contributed by atoms with Crippen LogP contribution in [0, 0.1) is 0 Å². The maximum absolute atomic E-state index is 12.1. The predicted octanol–water partition coefficient (Wildman–Crippen LogP) is 4.48. The molecule has 3 rings (SSSR count). The van der Waals surface area contributed by atoms with E-state index in [0.29, 0.717) is 11.4 Å². The van der Waals surface area contributed by atoms with E-state index in [1.54, 1.807) is 18.3 Å². The molecule has 0 aliphatic carbocycles. The van der Waals surface area contributed by atoms with Gasteiger partial charge in [-0.25, -0.2) is 4.79 Å². The van der Waals surface area contributed by atoms with Gasteiger partial charge in [0.05, 0.1) is 5.52 Å². The smallest absolute Gasteiger partial charge is 0.387 e. The molecule has 0 saturated carbocycles. The zero-order valence-electron chi connectivity index (χ0n) is 12.4. The molecule has 0 unspecified atom stereocenters. The van der Waals surface area contributed by atoms with Gasteiger partial charge in [0.15, 0.2) is 0 Å². The van der Waals surface area contributed by atoms with Crippen molar-refractivity contribution in [2.75, 3.05) is 10.6 Å². The van der Waals surface area contributed by atoms with Gasteiger partial charge in [0.1, 0.15) is 5.75 Å². The second-order valence-corrected chi connectivity index (χ2v) is 4.89. The quantitative estimate of drug-likeness (QED) is 0.742. The second-order valence-electron chi connectivity index (χ2n) is 4.89. The predicted molar refractivity (Wildman–Crippen MR) is 87.5 cm³/mol. The van der Waals surface area contributed by atoms with Crippen molar-refractivity contribution in [2.45, 2.75) is 6.61 Å². The number of aromatic nitrogens is 1. The summed E-state index contributed by atoms with van der Waals surface area (Å²) in [5.74, 6) is 0.0259. The van der Waals surface area contributed by atoms with Crippen molar-refractivity contribution >= 4 is 28.3 Å². The van der Waals surface area contributed by atoms with Crippen LogP contribution in [-0.2, 0) is 0 Å². The third kappa shape index (κ3) is 3.95. The SMILES string of the molecule is O=C(Nc1ccc(OC(F)F)cc1)Nc1ccc2ncccc2c1. The van der Waals surface area contributed by atoms with Crippen molar-refractivity contribution in [3.05, 3.63) is 60.8 Å². The Morgan fingerprint density at radius 2 is 1.71 bits per heavy atom. The summed E-state index contributed by atoms with van der Waals surface area (Å²) >= 11 is 0. The van der Waals surface area contributed by atoms with Crippen LogP contribution in [0.25, 0.3) is 10.9 Å². The van der Waals surface area contributed by atoms with Gasteiger partial charge in [-0.15, -0.1) is 0 Å². The van der Waals surface area contributed by atoms with Crippen LogP contribution in [-0.4, -0.2) is 17.6 Å². The van der Waals surface area contributed by atoms with Gasteiger partial charge >= 0.3 is 12.6 Å². The van der Waals surface area contributed by atoms with Crippen LogP contribution in [0.1, 0.15) is 0 Å². The molecule has 0 atom stereocenters. The number of rotatable bonds is 4. The van der Waals surface area contributed by atoms with Gasteiger partial charge in [0, 0.05) is 23.0 Å². The molecule has 0 aliphatic rings. The van der Waals surface area contributed by atoms with Crippen molar-refractivity contribution in [1.82, 2.24) is 4.98 Å². The molecule has 0 bridgehead atoms. The standard InChI is InChI=1S/C17H13F2N3O2/c18-16(19)24-14-6-3-12(4-7-14)21-17(23)22-13-5-8-15-11(10-13)2-1-9-20-15/h1-10,16H,(H2,21,22,23). The fraction of sp³-hybridized carbons (Fsp3) is 0.0588. The molecule has 0 radical (unpaired) electrons. The van der Waals surface area contributed by atoms with E-state index in [2.05, 4.69) is 20.4 Å². The Morgan fingerprint density at radius 3 is 2.46 bits per heavy atom. The first-order chi connectivity index (χ1) is 11.6. The molecule has 0 aliphatic heterocycles. The minimum atomic E-state index is -2.88. The molecule has 5 nitrogen and oxygen atoms in total. The molecule has 2 amide bonds. The van der Waals surface area contributed by atoms with Crippen LogP contribution in [0.2, 0.25) is 0 Å². The summed E-state index contributed by atoms with van der Waals surface area (Å²) in [6.45, 7) is -2.88. The van der Waals surface area contributed by atoms with Crippen molar-refractivity contribution in [3.8, 4) is 5.75 Å². The maximum Gasteiger partial charge on any atom is 0.387 e. The lowest BCUT2D eigenvalue weighted by molar-refractivity contribution is -0.0498. The first-order valence-electron chi connectivity index (χ1n) is 7.08. The molecule has 0 fully saturated rings. The second kappa shape index (κ2) is 6.91. The number of pyridine rings is 1. The van der Waals surface area contributed by atoms with Crippen LogP contribution in [0.3, 0.4) is 0 Å². The van der Waals surface area contributed by atoms with Crippen molar-refractivity contribution in [1.29, 1.82) is 0 Å². The molecule has 2 aromatic carbocycles. The number of ether oxygens (including phenoxy) is 1. The number of fused-ring (bicyclic) bond motifs is 1. The summed E-state index contributed by atoms with van der Waals surface area (Å²) in [5.41, 5.74) is 1.90. The van der Waals surface area contributed by atoms with Crippen LogP contribution in [0.15, 0.2) is 60.8 Å². The van der Waals surface area contributed by atoms with Crippen LogP contribution in [0.4, 0.5) is 25.0 Å². The normalized spacial score (nSPS) is 10.6. The van der Waals surface area contributed by atoms with E-state index in [-0.39, 0.29) is 5.75 Å². The lowest BCUT2D eigenvalue weighted by Gasteiger charge is -2.09. The summed E-state index contributed by atoms with van der Waals surface area (Å²) in [6, 6.07) is 14.3.